The Morgan fingerprint density at radius 3 is 2.55 bits per heavy atom. The van der Waals surface area contributed by atoms with Gasteiger partial charge in [-0.3, -0.25) is 9.59 Å². The number of benzene rings is 2. The van der Waals surface area contributed by atoms with Gasteiger partial charge < -0.3 is 15.5 Å². The van der Waals surface area contributed by atoms with Crippen LogP contribution in [0.4, 0.5) is 5.69 Å². The maximum absolute atomic E-state index is 11.3. The van der Waals surface area contributed by atoms with Crippen LogP contribution in [0.15, 0.2) is 72.4 Å². The average Bonchev–Trinajstić information content (AvgIpc) is 3.58. The van der Waals surface area contributed by atoms with Crippen molar-refractivity contribution in [2.45, 2.75) is 83.6 Å². The Morgan fingerprint density at radius 1 is 1.19 bits per heavy atom. The molecule has 1 amide bonds. The highest BCUT2D eigenvalue weighted by atomic mass is 16.1. The van der Waals surface area contributed by atoms with Crippen LogP contribution in [0.5, 0.6) is 0 Å². The lowest BCUT2D eigenvalue weighted by Crippen LogP contribution is -2.29. The van der Waals surface area contributed by atoms with E-state index in [1.807, 2.05) is 18.2 Å². The molecule has 2 aromatic rings. The fourth-order valence-electron chi connectivity index (χ4n) is 5.82. The van der Waals surface area contributed by atoms with Crippen LogP contribution in [-0.4, -0.2) is 44.4 Å². The molecule has 2 N–H and O–H groups in total. The van der Waals surface area contributed by atoms with Crippen LogP contribution < -0.4 is 15.5 Å². The highest BCUT2D eigenvalue weighted by Crippen LogP contribution is 2.51. The van der Waals surface area contributed by atoms with E-state index in [2.05, 4.69) is 72.4 Å². The van der Waals surface area contributed by atoms with Crippen LogP contribution >= 0.6 is 0 Å². The van der Waals surface area contributed by atoms with Crippen molar-refractivity contribution in [1.82, 2.24) is 10.6 Å². The molecule has 2 fully saturated rings. The second-order valence-electron chi connectivity index (χ2n) is 11.6. The molecule has 1 aliphatic heterocycles. The van der Waals surface area contributed by atoms with Gasteiger partial charge in [-0.25, -0.2) is 0 Å². The van der Waals surface area contributed by atoms with Crippen LogP contribution in [0.3, 0.4) is 0 Å². The fourth-order valence-corrected chi connectivity index (χ4v) is 5.82. The first-order valence-corrected chi connectivity index (χ1v) is 15.4. The number of Topliss-reactive ketones (excluding diaryl/α,β-unsaturated/α-hetero) is 1. The molecule has 0 aromatic heterocycles. The second kappa shape index (κ2) is 16.1. The Morgan fingerprint density at radius 2 is 1.93 bits per heavy atom. The number of anilines is 1. The molecule has 1 saturated heterocycles. The number of nitrogens with one attached hydrogen (secondary N) is 2. The first kappa shape index (κ1) is 32.8. The molecule has 6 nitrogen and oxygen atoms in total. The molecule has 0 radical (unpaired) electrons. The van der Waals surface area contributed by atoms with E-state index < -0.39 is 0 Å². The maximum atomic E-state index is 11.3. The molecular formula is C36H48N4O2. The zero-order chi connectivity index (χ0) is 30.5. The third kappa shape index (κ3) is 8.90. The minimum Gasteiger partial charge on any atom is -0.369 e. The van der Waals surface area contributed by atoms with E-state index >= 15 is 0 Å². The van der Waals surface area contributed by atoms with Gasteiger partial charge in [-0.2, -0.15) is 5.26 Å². The summed E-state index contributed by atoms with van der Waals surface area (Å²) in [6.45, 7) is 11.7. The van der Waals surface area contributed by atoms with Crippen molar-refractivity contribution in [3.8, 4) is 6.07 Å². The van der Waals surface area contributed by atoms with E-state index in [0.717, 1.165) is 30.0 Å². The van der Waals surface area contributed by atoms with Crippen LogP contribution in [0.1, 0.15) is 77.7 Å². The number of rotatable bonds is 9. The predicted molar refractivity (Wildman–Crippen MR) is 175 cm³/mol. The highest BCUT2D eigenvalue weighted by Gasteiger charge is 2.40. The van der Waals surface area contributed by atoms with Gasteiger partial charge in [0.2, 0.25) is 5.91 Å². The quantitative estimate of drug-likeness (QED) is 0.254. The lowest BCUT2D eigenvalue weighted by Gasteiger charge is -2.28. The molecule has 42 heavy (non-hydrogen) atoms. The van der Waals surface area contributed by atoms with Gasteiger partial charge in [0.15, 0.2) is 5.78 Å². The monoisotopic (exact) mass is 568 g/mol. The minimum absolute atomic E-state index is 0.0498. The summed E-state index contributed by atoms with van der Waals surface area (Å²) in [4.78, 5) is 24.9. The Balaban J connectivity index is 0.000000211. The number of hydrogen-bond donors (Lipinski definition) is 2. The molecule has 6 heteroatoms. The van der Waals surface area contributed by atoms with E-state index in [9.17, 15) is 9.59 Å². The summed E-state index contributed by atoms with van der Waals surface area (Å²) in [6, 6.07) is 16.6. The Kier molecular flexibility index (Phi) is 12.6. The average molecular weight is 569 g/mol. The Bertz CT molecular complexity index is 1350. The number of carbonyl (C=O) groups excluding carboxylic acids is 2. The Hall–Kier alpha value is -3.69. The van der Waals surface area contributed by atoms with Gasteiger partial charge in [-0.05, 0) is 104 Å². The molecule has 0 spiro atoms. The van der Waals surface area contributed by atoms with E-state index in [1.54, 1.807) is 19.5 Å². The van der Waals surface area contributed by atoms with Crippen molar-refractivity contribution < 1.29 is 9.59 Å². The smallest absolute Gasteiger partial charge is 0.243 e. The van der Waals surface area contributed by atoms with Crippen molar-refractivity contribution in [2.24, 2.45) is 0 Å². The fraction of sp³-hybridized carbons (Fsp3) is 0.472. The van der Waals surface area contributed by atoms with E-state index in [0.29, 0.717) is 18.5 Å². The standard InChI is InChI=1S/C21H27N.C12H15NO2.C3H6N2/c1-3-7-17-9-6-13-22(17)18-14-16-8-4-5-10-19(16)20(15-18)21(2)11-12-21;1-3-12(15)13-8-10-6-4-5-7-11(10)9(2)14;1-5-3-2-4/h4-5,8,10,14-15,17H,3,6-7,9,11-13H2,1-2H3;3,6-7H,1,4-5,8H2,2H3,(H,13,15);5H,3H2,1H3. The number of amides is 1. The molecule has 0 bridgehead atoms. The summed E-state index contributed by atoms with van der Waals surface area (Å²) >= 11 is 0. The number of fused-ring (bicyclic) bond motifs is 1. The molecule has 1 heterocycles. The molecular weight excluding hydrogens is 520 g/mol. The molecule has 224 valence electrons. The van der Waals surface area contributed by atoms with Gasteiger partial charge in [0.1, 0.15) is 0 Å². The summed E-state index contributed by atoms with van der Waals surface area (Å²) < 4.78 is 0. The van der Waals surface area contributed by atoms with Gasteiger partial charge in [-0.15, -0.1) is 0 Å². The van der Waals surface area contributed by atoms with Crippen molar-refractivity contribution in [2.75, 3.05) is 31.6 Å². The van der Waals surface area contributed by atoms with Gasteiger partial charge in [0, 0.05) is 30.4 Å². The molecule has 5 rings (SSSR count). The number of allylic oxidation sites excluding steroid dienone is 2. The number of nitrogens with zero attached hydrogens (tertiary/aromatic N) is 2. The van der Waals surface area contributed by atoms with Crippen molar-refractivity contribution >= 4 is 28.2 Å². The van der Waals surface area contributed by atoms with Crippen LogP contribution in [0, 0.1) is 11.3 Å². The van der Waals surface area contributed by atoms with Crippen molar-refractivity contribution in [1.29, 1.82) is 5.26 Å². The first-order chi connectivity index (χ1) is 20.3. The summed E-state index contributed by atoms with van der Waals surface area (Å²) in [5.74, 6) is -0.168. The predicted octanol–water partition coefficient (Wildman–Crippen LogP) is 6.91. The second-order valence-corrected chi connectivity index (χ2v) is 11.6. The highest BCUT2D eigenvalue weighted by molar-refractivity contribution is 5.98. The third-order valence-electron chi connectivity index (χ3n) is 8.35. The van der Waals surface area contributed by atoms with Gasteiger partial charge in [0.25, 0.3) is 0 Å². The Labute approximate surface area is 252 Å². The van der Waals surface area contributed by atoms with Crippen LogP contribution in [0.2, 0.25) is 0 Å². The van der Waals surface area contributed by atoms with Crippen molar-refractivity contribution in [3.63, 3.8) is 0 Å². The number of hydrogen-bond acceptors (Lipinski definition) is 5. The lowest BCUT2D eigenvalue weighted by atomic mass is 9.91. The molecule has 2 aromatic carbocycles. The summed E-state index contributed by atoms with van der Waals surface area (Å²) in [5.41, 5.74) is 5.12. The van der Waals surface area contributed by atoms with Crippen molar-refractivity contribution in [3.05, 3.63) is 77.9 Å². The molecule has 1 saturated carbocycles. The number of carbonyl (C=O) groups is 2. The zero-order valence-corrected chi connectivity index (χ0v) is 26.0. The normalized spacial score (nSPS) is 18.3. The number of nitriles is 1. The van der Waals surface area contributed by atoms with E-state index in [4.69, 9.17) is 5.26 Å². The van der Waals surface area contributed by atoms with Crippen LogP contribution in [-0.2, 0) is 15.0 Å². The third-order valence-corrected chi connectivity index (χ3v) is 8.35. The topological polar surface area (TPSA) is 85.2 Å². The minimum atomic E-state index is -0.218. The maximum Gasteiger partial charge on any atom is 0.243 e. The summed E-state index contributed by atoms with van der Waals surface area (Å²) in [6.07, 6.45) is 15.0. The molecule has 1 unspecified atom stereocenters. The van der Waals surface area contributed by atoms with Gasteiger partial charge in [0.05, 0.1) is 12.6 Å². The molecule has 3 aliphatic rings. The van der Waals surface area contributed by atoms with E-state index in [-0.39, 0.29) is 11.7 Å². The van der Waals surface area contributed by atoms with E-state index in [1.165, 1.54) is 67.6 Å². The first-order valence-electron chi connectivity index (χ1n) is 15.4. The SMILES string of the molecule is C=CC(=O)NCC1=CCCC=C1C(C)=O.CCCC1CCCN1c1cc(C2(C)CC2)c2ccccc2c1.CNCC#N. The van der Waals surface area contributed by atoms with Gasteiger partial charge in [-0.1, -0.05) is 63.3 Å². The summed E-state index contributed by atoms with van der Waals surface area (Å²) in [5, 5.41) is 16.0. The summed E-state index contributed by atoms with van der Waals surface area (Å²) in [7, 11) is 1.74. The lowest BCUT2D eigenvalue weighted by molar-refractivity contribution is -0.116. The molecule has 1 atom stereocenters. The van der Waals surface area contributed by atoms with Gasteiger partial charge >= 0.3 is 0 Å². The number of ketones is 1. The zero-order valence-electron chi connectivity index (χ0n) is 26.0. The van der Waals surface area contributed by atoms with Crippen LogP contribution in [0.25, 0.3) is 10.8 Å². The largest absolute Gasteiger partial charge is 0.369 e. The molecule has 2 aliphatic carbocycles.